The summed E-state index contributed by atoms with van der Waals surface area (Å²) in [5.41, 5.74) is 0.262. The molecule has 0 aromatic rings. The van der Waals surface area contributed by atoms with E-state index in [1.54, 1.807) is 0 Å². The van der Waals surface area contributed by atoms with Crippen LogP contribution in [-0.4, -0.2) is 50.3 Å². The van der Waals surface area contributed by atoms with Crippen molar-refractivity contribution in [3.05, 3.63) is 0 Å². The zero-order chi connectivity index (χ0) is 13.4. The van der Waals surface area contributed by atoms with Crippen molar-refractivity contribution in [2.24, 2.45) is 5.92 Å². The molecule has 1 aliphatic rings. The molecule has 1 saturated heterocycles. The molecule has 1 N–H and O–H groups in total. The lowest BCUT2D eigenvalue weighted by molar-refractivity contribution is 0.0988. The van der Waals surface area contributed by atoms with Crippen molar-refractivity contribution < 1.29 is 4.74 Å². The Morgan fingerprint density at radius 2 is 1.83 bits per heavy atom. The zero-order valence-corrected chi connectivity index (χ0v) is 12.8. The van der Waals surface area contributed by atoms with E-state index in [9.17, 15) is 0 Å². The first-order chi connectivity index (χ1) is 8.51. The Morgan fingerprint density at radius 3 is 2.39 bits per heavy atom. The molecule has 1 fully saturated rings. The van der Waals surface area contributed by atoms with Gasteiger partial charge in [-0.15, -0.1) is 0 Å². The van der Waals surface area contributed by atoms with Gasteiger partial charge in [0.15, 0.2) is 0 Å². The van der Waals surface area contributed by atoms with E-state index in [4.69, 9.17) is 4.74 Å². The normalized spacial score (nSPS) is 19.3. The first kappa shape index (κ1) is 15.9. The Kier molecular flexibility index (Phi) is 7.20. The number of unbranched alkanes of at least 4 members (excludes halogenated alkanes) is 1. The van der Waals surface area contributed by atoms with E-state index in [2.05, 4.69) is 31.0 Å². The Bertz CT molecular complexity index is 205. The van der Waals surface area contributed by atoms with E-state index in [-0.39, 0.29) is 5.54 Å². The predicted molar refractivity (Wildman–Crippen MR) is 78.0 cm³/mol. The highest BCUT2D eigenvalue weighted by atomic mass is 16.5. The number of piperidine rings is 1. The van der Waals surface area contributed by atoms with Gasteiger partial charge >= 0.3 is 0 Å². The maximum absolute atomic E-state index is 5.23. The van der Waals surface area contributed by atoms with Crippen LogP contribution in [-0.2, 0) is 4.74 Å². The molecule has 0 amide bonds. The highest BCUT2D eigenvalue weighted by molar-refractivity contribution is 4.73. The van der Waals surface area contributed by atoms with Crippen LogP contribution in [0.2, 0.25) is 0 Å². The maximum atomic E-state index is 5.23. The van der Waals surface area contributed by atoms with Gasteiger partial charge in [-0.05, 0) is 78.6 Å². The second-order valence-electron chi connectivity index (χ2n) is 6.62. The number of rotatable bonds is 7. The molecule has 0 saturated carbocycles. The highest BCUT2D eigenvalue weighted by Gasteiger charge is 2.18. The van der Waals surface area contributed by atoms with E-state index in [1.807, 2.05) is 7.11 Å². The second-order valence-corrected chi connectivity index (χ2v) is 6.62. The minimum absolute atomic E-state index is 0.262. The quantitative estimate of drug-likeness (QED) is 0.708. The van der Waals surface area contributed by atoms with Gasteiger partial charge in [-0.1, -0.05) is 0 Å². The third-order valence-electron chi connectivity index (χ3n) is 3.67. The fourth-order valence-corrected chi connectivity index (χ4v) is 2.54. The van der Waals surface area contributed by atoms with Gasteiger partial charge in [0.2, 0.25) is 0 Å². The monoisotopic (exact) mass is 256 g/mol. The molecule has 1 rings (SSSR count). The molecule has 3 nitrogen and oxygen atoms in total. The standard InChI is InChI=1S/C15H32N2O/c1-15(2,3)16-9-5-6-10-17-11-7-14(8-12-17)13-18-4/h14,16H,5-13H2,1-4H3. The summed E-state index contributed by atoms with van der Waals surface area (Å²) in [6.07, 6.45) is 5.23. The lowest BCUT2D eigenvalue weighted by Gasteiger charge is -2.31. The summed E-state index contributed by atoms with van der Waals surface area (Å²) in [6, 6.07) is 0. The predicted octanol–water partition coefficient (Wildman–Crippen LogP) is 2.51. The van der Waals surface area contributed by atoms with Crippen LogP contribution in [0.3, 0.4) is 0 Å². The molecular formula is C15H32N2O. The summed E-state index contributed by atoms with van der Waals surface area (Å²) in [7, 11) is 1.81. The van der Waals surface area contributed by atoms with Crippen LogP contribution in [0.5, 0.6) is 0 Å². The first-order valence-corrected chi connectivity index (χ1v) is 7.47. The summed E-state index contributed by atoms with van der Waals surface area (Å²) >= 11 is 0. The number of nitrogens with one attached hydrogen (secondary N) is 1. The van der Waals surface area contributed by atoms with Gasteiger partial charge in [0.1, 0.15) is 0 Å². The number of nitrogens with zero attached hydrogens (tertiary/aromatic N) is 1. The van der Waals surface area contributed by atoms with Gasteiger partial charge < -0.3 is 15.0 Å². The van der Waals surface area contributed by atoms with Crippen LogP contribution < -0.4 is 5.32 Å². The summed E-state index contributed by atoms with van der Waals surface area (Å²) in [5.74, 6) is 0.800. The molecule has 0 unspecified atom stereocenters. The largest absolute Gasteiger partial charge is 0.384 e. The third-order valence-corrected chi connectivity index (χ3v) is 3.67. The average Bonchev–Trinajstić information content (AvgIpc) is 2.30. The summed E-state index contributed by atoms with van der Waals surface area (Å²) < 4.78 is 5.23. The highest BCUT2D eigenvalue weighted by Crippen LogP contribution is 2.17. The van der Waals surface area contributed by atoms with Crippen LogP contribution in [0, 0.1) is 5.92 Å². The maximum Gasteiger partial charge on any atom is 0.0491 e. The van der Waals surface area contributed by atoms with Crippen molar-refractivity contribution in [1.29, 1.82) is 0 Å². The van der Waals surface area contributed by atoms with Crippen molar-refractivity contribution in [3.63, 3.8) is 0 Å². The molecule has 108 valence electrons. The Morgan fingerprint density at radius 1 is 1.17 bits per heavy atom. The number of hydrogen-bond donors (Lipinski definition) is 1. The fraction of sp³-hybridized carbons (Fsp3) is 1.00. The topological polar surface area (TPSA) is 24.5 Å². The Labute approximate surface area is 113 Å². The molecule has 3 heteroatoms. The summed E-state index contributed by atoms with van der Waals surface area (Å²) in [4.78, 5) is 2.61. The number of ether oxygens (including phenoxy) is 1. The van der Waals surface area contributed by atoms with Crippen molar-refractivity contribution in [2.45, 2.75) is 52.0 Å². The van der Waals surface area contributed by atoms with Gasteiger partial charge in [-0.25, -0.2) is 0 Å². The van der Waals surface area contributed by atoms with Gasteiger partial charge in [0.25, 0.3) is 0 Å². The van der Waals surface area contributed by atoms with Crippen molar-refractivity contribution in [1.82, 2.24) is 10.2 Å². The van der Waals surface area contributed by atoms with Crippen LogP contribution in [0.1, 0.15) is 46.5 Å². The van der Waals surface area contributed by atoms with Gasteiger partial charge in [0.05, 0.1) is 0 Å². The minimum Gasteiger partial charge on any atom is -0.384 e. The van der Waals surface area contributed by atoms with Crippen molar-refractivity contribution in [2.75, 3.05) is 39.9 Å². The smallest absolute Gasteiger partial charge is 0.0491 e. The average molecular weight is 256 g/mol. The molecule has 1 aliphatic heterocycles. The number of likely N-dealkylation sites (tertiary alicyclic amines) is 1. The van der Waals surface area contributed by atoms with E-state index < -0.39 is 0 Å². The number of hydrogen-bond acceptors (Lipinski definition) is 3. The van der Waals surface area contributed by atoms with Crippen LogP contribution in [0.4, 0.5) is 0 Å². The molecule has 0 bridgehead atoms. The summed E-state index contributed by atoms with van der Waals surface area (Å²) in [5, 5.41) is 3.55. The van der Waals surface area contributed by atoms with Crippen molar-refractivity contribution in [3.8, 4) is 0 Å². The SMILES string of the molecule is COCC1CCN(CCCCNC(C)(C)C)CC1. The molecule has 0 atom stereocenters. The van der Waals surface area contributed by atoms with Gasteiger partial charge in [0, 0.05) is 19.3 Å². The molecule has 0 radical (unpaired) electrons. The lowest BCUT2D eigenvalue weighted by Crippen LogP contribution is -2.37. The van der Waals surface area contributed by atoms with Crippen molar-refractivity contribution >= 4 is 0 Å². The van der Waals surface area contributed by atoms with Crippen LogP contribution in [0.25, 0.3) is 0 Å². The Balaban J connectivity index is 1.98. The fourth-order valence-electron chi connectivity index (χ4n) is 2.54. The van der Waals surface area contributed by atoms with E-state index in [0.717, 1.165) is 19.1 Å². The lowest BCUT2D eigenvalue weighted by atomic mass is 9.97. The molecule has 18 heavy (non-hydrogen) atoms. The first-order valence-electron chi connectivity index (χ1n) is 7.47. The molecule has 0 aromatic carbocycles. The molecule has 0 spiro atoms. The van der Waals surface area contributed by atoms with Crippen LogP contribution >= 0.6 is 0 Å². The molecule has 1 heterocycles. The zero-order valence-electron chi connectivity index (χ0n) is 12.8. The second kappa shape index (κ2) is 8.13. The molecular weight excluding hydrogens is 224 g/mol. The minimum atomic E-state index is 0.262. The van der Waals surface area contributed by atoms with E-state index in [0.29, 0.717) is 0 Å². The number of methoxy groups -OCH3 is 1. The van der Waals surface area contributed by atoms with Gasteiger partial charge in [-0.3, -0.25) is 0 Å². The Hall–Kier alpha value is -0.120. The molecule has 0 aliphatic carbocycles. The third kappa shape index (κ3) is 7.34. The van der Waals surface area contributed by atoms with Crippen LogP contribution in [0.15, 0.2) is 0 Å². The molecule has 0 aromatic heterocycles. The van der Waals surface area contributed by atoms with E-state index in [1.165, 1.54) is 45.3 Å². The van der Waals surface area contributed by atoms with Gasteiger partial charge in [-0.2, -0.15) is 0 Å². The van der Waals surface area contributed by atoms with E-state index >= 15 is 0 Å². The summed E-state index contributed by atoms with van der Waals surface area (Å²) in [6.45, 7) is 12.6.